The molecule has 8 rings (SSSR count). The van der Waals surface area contributed by atoms with Crippen LogP contribution in [-0.2, 0) is 14.9 Å². The lowest BCUT2D eigenvalue weighted by Crippen LogP contribution is -2.64. The number of hydrogen-bond donors (Lipinski definition) is 1. The van der Waals surface area contributed by atoms with Crippen LogP contribution in [0.1, 0.15) is 110 Å². The van der Waals surface area contributed by atoms with Crippen molar-refractivity contribution in [1.82, 2.24) is 4.98 Å². The molecule has 5 aliphatic carbocycles. The molecular weight excluding hydrogens is 482 g/mol. The number of fused-ring (bicyclic) bond motifs is 8. The number of para-hydroxylation sites is 1. The molecule has 6 aliphatic rings. The summed E-state index contributed by atoms with van der Waals surface area (Å²) in [5.74, 6) is 2.29. The van der Waals surface area contributed by atoms with Crippen LogP contribution in [0.3, 0.4) is 0 Å². The van der Waals surface area contributed by atoms with Gasteiger partial charge in [0.2, 0.25) is 0 Å². The molecule has 1 aliphatic heterocycles. The predicted octanol–water partition coefficient (Wildman–Crippen LogP) is 7.49. The van der Waals surface area contributed by atoms with Gasteiger partial charge >= 0.3 is 5.97 Å². The van der Waals surface area contributed by atoms with Gasteiger partial charge in [-0.2, -0.15) is 0 Å². The maximum atomic E-state index is 14.2. The fourth-order valence-corrected chi connectivity index (χ4v) is 12.1. The standard InChI is InChI=1S/C35H45NO3/c1-31(2)15-17-35-18-16-34(6)22(26(35)29(31)39-30(35)38)12-11-21-24-20(13-14-33(21,34)5)32(3,4)28-25(24)27(37)19-9-7-8-10-23(19)36-28/h7-10,20-22,24,26,29H,11-18H2,1-6H3,(H,36,37)/t20-,21-,22-,24+,26+,29?,33-,34-,35+/m1/s1. The maximum absolute atomic E-state index is 14.2. The van der Waals surface area contributed by atoms with Gasteiger partial charge in [0.25, 0.3) is 0 Å². The number of rotatable bonds is 0. The second kappa shape index (κ2) is 7.21. The Morgan fingerprint density at radius 2 is 1.49 bits per heavy atom. The van der Waals surface area contributed by atoms with Gasteiger partial charge in [-0.05, 0) is 98.0 Å². The lowest BCUT2D eigenvalue weighted by atomic mass is 9.34. The van der Waals surface area contributed by atoms with Crippen molar-refractivity contribution in [1.29, 1.82) is 0 Å². The van der Waals surface area contributed by atoms with Gasteiger partial charge in [0.05, 0.1) is 5.41 Å². The van der Waals surface area contributed by atoms with Crippen LogP contribution in [0.5, 0.6) is 0 Å². The van der Waals surface area contributed by atoms with Crippen molar-refractivity contribution >= 4 is 16.9 Å². The van der Waals surface area contributed by atoms with Gasteiger partial charge in [-0.25, -0.2) is 0 Å². The summed E-state index contributed by atoms with van der Waals surface area (Å²) in [4.78, 5) is 31.5. The van der Waals surface area contributed by atoms with Gasteiger partial charge in [-0.1, -0.05) is 53.7 Å². The number of aromatic nitrogens is 1. The molecule has 39 heavy (non-hydrogen) atoms. The molecule has 5 fully saturated rings. The molecule has 1 saturated heterocycles. The van der Waals surface area contributed by atoms with Crippen LogP contribution in [0.25, 0.3) is 10.9 Å². The van der Waals surface area contributed by atoms with Crippen LogP contribution in [0.4, 0.5) is 0 Å². The SMILES string of the molecule is CC1(C)CC[C@]23CC[C@]4(C)[C@H](CC[C@@H]5[C@H]6c7c([nH]c8ccccc8c7=O)C(C)(C)[C@@H]6CC[C@]54C)[C@H]2C1OC3=O. The Labute approximate surface area is 232 Å². The number of nitrogens with one attached hydrogen (secondary N) is 1. The zero-order chi connectivity index (χ0) is 27.3. The summed E-state index contributed by atoms with van der Waals surface area (Å²) >= 11 is 0. The third kappa shape index (κ3) is 2.64. The molecule has 4 saturated carbocycles. The van der Waals surface area contributed by atoms with Crippen LogP contribution in [0.15, 0.2) is 29.1 Å². The van der Waals surface area contributed by atoms with E-state index in [0.29, 0.717) is 29.6 Å². The number of esters is 1. The van der Waals surface area contributed by atoms with E-state index in [1.807, 2.05) is 18.2 Å². The molecule has 2 heterocycles. The average Bonchev–Trinajstić information content (AvgIpc) is 3.28. The van der Waals surface area contributed by atoms with E-state index in [2.05, 4.69) is 52.6 Å². The molecule has 0 amide bonds. The van der Waals surface area contributed by atoms with Gasteiger partial charge in [0, 0.05) is 38.9 Å². The molecular formula is C35H45NO3. The zero-order valence-electron chi connectivity index (χ0n) is 24.7. The van der Waals surface area contributed by atoms with Crippen LogP contribution >= 0.6 is 0 Å². The van der Waals surface area contributed by atoms with E-state index in [0.717, 1.165) is 55.0 Å². The van der Waals surface area contributed by atoms with E-state index >= 15 is 0 Å². The van der Waals surface area contributed by atoms with E-state index in [1.54, 1.807) is 0 Å². The Morgan fingerprint density at radius 3 is 2.28 bits per heavy atom. The predicted molar refractivity (Wildman–Crippen MR) is 154 cm³/mol. The van der Waals surface area contributed by atoms with Crippen molar-refractivity contribution < 1.29 is 9.53 Å². The summed E-state index contributed by atoms with van der Waals surface area (Å²) in [6, 6.07) is 8.10. The van der Waals surface area contributed by atoms with Crippen LogP contribution in [0, 0.1) is 45.3 Å². The third-order valence-corrected chi connectivity index (χ3v) is 14.5. The lowest BCUT2D eigenvalue weighted by molar-refractivity contribution is -0.202. The summed E-state index contributed by atoms with van der Waals surface area (Å²) in [6.07, 6.45) is 8.97. The smallest absolute Gasteiger partial charge is 0.312 e. The number of carbonyl (C=O) groups is 1. The van der Waals surface area contributed by atoms with Crippen molar-refractivity contribution in [3.8, 4) is 0 Å². The summed E-state index contributed by atoms with van der Waals surface area (Å²) in [6.45, 7) is 14.6. The minimum Gasteiger partial charge on any atom is -0.461 e. The highest BCUT2D eigenvalue weighted by Crippen LogP contribution is 2.77. The van der Waals surface area contributed by atoms with Gasteiger partial charge in [0.15, 0.2) is 5.43 Å². The molecule has 1 unspecified atom stereocenters. The van der Waals surface area contributed by atoms with E-state index in [4.69, 9.17) is 4.74 Å². The van der Waals surface area contributed by atoms with Crippen molar-refractivity contribution in [3.63, 3.8) is 0 Å². The Kier molecular flexibility index (Phi) is 4.56. The second-order valence-corrected chi connectivity index (χ2v) is 16.3. The summed E-state index contributed by atoms with van der Waals surface area (Å²) < 4.78 is 6.32. The molecule has 9 atom stereocenters. The fourth-order valence-electron chi connectivity index (χ4n) is 12.1. The van der Waals surface area contributed by atoms with Crippen molar-refractivity contribution in [2.45, 2.75) is 110 Å². The Balaban J connectivity index is 1.26. The molecule has 208 valence electrons. The van der Waals surface area contributed by atoms with Crippen LogP contribution in [-0.4, -0.2) is 17.1 Å². The minimum absolute atomic E-state index is 0.0361. The van der Waals surface area contributed by atoms with E-state index in [9.17, 15) is 9.59 Å². The van der Waals surface area contributed by atoms with Gasteiger partial charge < -0.3 is 9.72 Å². The van der Waals surface area contributed by atoms with E-state index in [-0.39, 0.29) is 44.6 Å². The normalized spacial score (nSPS) is 46.5. The minimum atomic E-state index is -0.247. The van der Waals surface area contributed by atoms with E-state index in [1.165, 1.54) is 18.5 Å². The van der Waals surface area contributed by atoms with Crippen LogP contribution in [0.2, 0.25) is 0 Å². The lowest BCUT2D eigenvalue weighted by Gasteiger charge is -2.68. The number of H-pyrrole nitrogens is 1. The Hall–Kier alpha value is -2.10. The highest BCUT2D eigenvalue weighted by molar-refractivity contribution is 5.81. The first-order valence-corrected chi connectivity index (χ1v) is 15.7. The molecule has 0 radical (unpaired) electrons. The van der Waals surface area contributed by atoms with Crippen LogP contribution < -0.4 is 5.43 Å². The maximum Gasteiger partial charge on any atom is 0.312 e. The van der Waals surface area contributed by atoms with Crippen molar-refractivity contribution in [2.24, 2.45) is 45.3 Å². The molecule has 1 N–H and O–H groups in total. The Morgan fingerprint density at radius 1 is 0.795 bits per heavy atom. The van der Waals surface area contributed by atoms with Gasteiger partial charge in [0.1, 0.15) is 6.10 Å². The first kappa shape index (κ1) is 24.7. The molecule has 1 aromatic heterocycles. The highest BCUT2D eigenvalue weighted by atomic mass is 16.6. The number of benzene rings is 1. The number of ether oxygens (including phenoxy) is 1. The molecule has 0 spiro atoms. The molecule has 2 aromatic rings. The van der Waals surface area contributed by atoms with Crippen molar-refractivity contribution in [3.05, 3.63) is 45.7 Å². The summed E-state index contributed by atoms with van der Waals surface area (Å²) in [5.41, 5.74) is 3.63. The molecule has 1 aromatic carbocycles. The van der Waals surface area contributed by atoms with Gasteiger partial charge in [-0.15, -0.1) is 0 Å². The summed E-state index contributed by atoms with van der Waals surface area (Å²) in [7, 11) is 0. The number of carbonyl (C=O) groups excluding carboxylic acids is 1. The van der Waals surface area contributed by atoms with Crippen molar-refractivity contribution in [2.75, 3.05) is 0 Å². The average molecular weight is 528 g/mol. The largest absolute Gasteiger partial charge is 0.461 e. The first-order chi connectivity index (χ1) is 18.4. The third-order valence-electron chi connectivity index (χ3n) is 14.5. The highest BCUT2D eigenvalue weighted by Gasteiger charge is 2.74. The molecule has 4 nitrogen and oxygen atoms in total. The quantitative estimate of drug-likeness (QED) is 0.361. The fraction of sp³-hybridized carbons (Fsp3) is 0.714. The second-order valence-electron chi connectivity index (χ2n) is 16.3. The van der Waals surface area contributed by atoms with E-state index < -0.39 is 0 Å². The molecule has 2 bridgehead atoms. The summed E-state index contributed by atoms with van der Waals surface area (Å²) in [5, 5.41) is 0.844. The Bertz CT molecular complexity index is 1480. The molecule has 4 heteroatoms. The zero-order valence-corrected chi connectivity index (χ0v) is 24.7. The number of pyridine rings is 1. The monoisotopic (exact) mass is 527 g/mol. The topological polar surface area (TPSA) is 59.2 Å². The van der Waals surface area contributed by atoms with Gasteiger partial charge in [-0.3, -0.25) is 9.59 Å². The number of aromatic amines is 1. The number of hydrogen-bond acceptors (Lipinski definition) is 3. The first-order valence-electron chi connectivity index (χ1n) is 15.7.